The lowest BCUT2D eigenvalue weighted by atomic mass is 9.80. The van der Waals surface area contributed by atoms with Crippen LogP contribution >= 0.6 is 11.6 Å². The van der Waals surface area contributed by atoms with E-state index in [1.54, 1.807) is 22.7 Å². The van der Waals surface area contributed by atoms with E-state index in [0.29, 0.717) is 40.6 Å². The Morgan fingerprint density at radius 3 is 2.96 bits per heavy atom. The zero-order valence-corrected chi connectivity index (χ0v) is 16.5. The van der Waals surface area contributed by atoms with Crippen LogP contribution in [0, 0.1) is 12.8 Å². The summed E-state index contributed by atoms with van der Waals surface area (Å²) in [5.41, 5.74) is 4.24. The Kier molecular flexibility index (Phi) is 4.27. The molecule has 144 valence electrons. The molecular formula is C22H22ClN3O2. The molecule has 1 unspecified atom stereocenters. The lowest BCUT2D eigenvalue weighted by Gasteiger charge is -2.30. The quantitative estimate of drug-likeness (QED) is 0.715. The molecule has 28 heavy (non-hydrogen) atoms. The number of nitrogens with zero attached hydrogens (tertiary/aromatic N) is 2. The van der Waals surface area contributed by atoms with E-state index < -0.39 is 0 Å². The number of hydrogen-bond donors (Lipinski definition) is 1. The van der Waals surface area contributed by atoms with Gasteiger partial charge in [0.25, 0.3) is 5.91 Å². The summed E-state index contributed by atoms with van der Waals surface area (Å²) in [6, 6.07) is 9.74. The predicted molar refractivity (Wildman–Crippen MR) is 108 cm³/mol. The van der Waals surface area contributed by atoms with Crippen molar-refractivity contribution in [1.82, 2.24) is 14.7 Å². The Balaban J connectivity index is 1.30. The number of fused-ring (bicyclic) bond motifs is 2. The third-order valence-electron chi connectivity index (χ3n) is 5.93. The Morgan fingerprint density at radius 1 is 1.32 bits per heavy atom. The molecule has 2 aliphatic rings. The molecule has 5 nitrogen and oxygen atoms in total. The van der Waals surface area contributed by atoms with Crippen LogP contribution in [0.1, 0.15) is 46.6 Å². The molecule has 1 saturated carbocycles. The maximum atomic E-state index is 12.8. The highest BCUT2D eigenvalue weighted by Crippen LogP contribution is 2.39. The van der Waals surface area contributed by atoms with Gasteiger partial charge in [-0.2, -0.15) is 0 Å². The van der Waals surface area contributed by atoms with Crippen molar-refractivity contribution in [2.75, 3.05) is 0 Å². The normalized spacial score (nSPS) is 18.6. The van der Waals surface area contributed by atoms with Gasteiger partial charge in [0.15, 0.2) is 0 Å². The van der Waals surface area contributed by atoms with Gasteiger partial charge in [0, 0.05) is 30.3 Å². The molecular weight excluding hydrogens is 374 g/mol. The van der Waals surface area contributed by atoms with Gasteiger partial charge < -0.3 is 10.1 Å². The molecule has 5 rings (SSSR count). The maximum absolute atomic E-state index is 12.8. The molecule has 1 N–H and O–H groups in total. The summed E-state index contributed by atoms with van der Waals surface area (Å²) < 4.78 is 7.89. The van der Waals surface area contributed by atoms with Crippen molar-refractivity contribution in [1.29, 1.82) is 0 Å². The van der Waals surface area contributed by atoms with E-state index in [0.717, 1.165) is 17.7 Å². The number of amides is 1. The molecule has 0 spiro atoms. The molecule has 2 aromatic heterocycles. The lowest BCUT2D eigenvalue weighted by Crippen LogP contribution is -2.30. The predicted octanol–water partition coefficient (Wildman–Crippen LogP) is 4.33. The van der Waals surface area contributed by atoms with E-state index in [9.17, 15) is 4.79 Å². The Morgan fingerprint density at radius 2 is 2.18 bits per heavy atom. The molecule has 3 aromatic rings. The summed E-state index contributed by atoms with van der Waals surface area (Å²) in [5.74, 6) is 1.57. The van der Waals surface area contributed by atoms with E-state index in [1.807, 2.05) is 19.1 Å². The Bertz CT molecular complexity index is 1070. The van der Waals surface area contributed by atoms with Gasteiger partial charge in [-0.05, 0) is 48.9 Å². The zero-order chi connectivity index (χ0) is 19.3. The number of hydrogen-bond acceptors (Lipinski definition) is 3. The van der Waals surface area contributed by atoms with E-state index >= 15 is 0 Å². The molecule has 3 heterocycles. The van der Waals surface area contributed by atoms with Crippen LogP contribution in [0.25, 0.3) is 5.65 Å². The van der Waals surface area contributed by atoms with E-state index in [-0.39, 0.29) is 5.91 Å². The number of rotatable bonds is 4. The number of halogens is 1. The number of aryl methyl sites for hydroxylation is 1. The average molecular weight is 396 g/mol. The molecule has 6 heteroatoms. The number of nitrogens with one attached hydrogen (secondary N) is 1. The molecule has 0 radical (unpaired) electrons. The van der Waals surface area contributed by atoms with E-state index in [4.69, 9.17) is 16.3 Å². The summed E-state index contributed by atoms with van der Waals surface area (Å²) in [6.07, 6.45) is 6.99. The number of aromatic nitrogens is 2. The van der Waals surface area contributed by atoms with Gasteiger partial charge in [0.05, 0.1) is 5.69 Å². The van der Waals surface area contributed by atoms with Crippen molar-refractivity contribution in [3.05, 3.63) is 64.1 Å². The van der Waals surface area contributed by atoms with Crippen molar-refractivity contribution in [2.45, 2.75) is 45.3 Å². The van der Waals surface area contributed by atoms with Crippen LogP contribution in [0.15, 0.2) is 36.5 Å². The van der Waals surface area contributed by atoms with Crippen molar-refractivity contribution >= 4 is 23.2 Å². The second-order valence-corrected chi connectivity index (χ2v) is 8.23. The fraction of sp³-hybridized carbons (Fsp3) is 0.364. The summed E-state index contributed by atoms with van der Waals surface area (Å²) in [5, 5.41) is 3.62. The summed E-state index contributed by atoms with van der Waals surface area (Å²) in [4.78, 5) is 17.2. The van der Waals surface area contributed by atoms with Crippen LogP contribution in [-0.2, 0) is 13.0 Å². The minimum atomic E-state index is -0.142. The minimum absolute atomic E-state index is 0.142. The van der Waals surface area contributed by atoms with Gasteiger partial charge in [-0.3, -0.25) is 9.20 Å². The van der Waals surface area contributed by atoms with Gasteiger partial charge in [-0.1, -0.05) is 30.2 Å². The fourth-order valence-electron chi connectivity index (χ4n) is 4.19. The molecule has 1 aromatic carbocycles. The van der Waals surface area contributed by atoms with Gasteiger partial charge >= 0.3 is 0 Å². The number of imidazole rings is 1. The minimum Gasteiger partial charge on any atom is -0.490 e. The SMILES string of the molecule is Cc1nc2cc(Cl)ccn2c1C(=O)NCc1ccc2c(c1)CC(C1CCC1)O2. The maximum Gasteiger partial charge on any atom is 0.270 e. The Hall–Kier alpha value is -2.53. The third-order valence-corrected chi connectivity index (χ3v) is 6.17. The van der Waals surface area contributed by atoms with Gasteiger partial charge in [0.2, 0.25) is 0 Å². The molecule has 1 atom stereocenters. The van der Waals surface area contributed by atoms with Crippen molar-refractivity contribution < 1.29 is 9.53 Å². The Labute approximate surface area is 168 Å². The average Bonchev–Trinajstić information content (AvgIpc) is 3.17. The summed E-state index contributed by atoms with van der Waals surface area (Å²) >= 11 is 6.03. The molecule has 1 aliphatic heterocycles. The van der Waals surface area contributed by atoms with Crippen LogP contribution in [0.4, 0.5) is 0 Å². The third kappa shape index (κ3) is 3.04. The smallest absolute Gasteiger partial charge is 0.270 e. The molecule has 1 amide bonds. The molecule has 1 fully saturated rings. The summed E-state index contributed by atoms with van der Waals surface area (Å²) in [6.45, 7) is 2.31. The fourth-order valence-corrected chi connectivity index (χ4v) is 4.34. The number of ether oxygens (including phenoxy) is 1. The largest absolute Gasteiger partial charge is 0.490 e. The van der Waals surface area contributed by atoms with Crippen molar-refractivity contribution in [3.63, 3.8) is 0 Å². The van der Waals surface area contributed by atoms with Crippen LogP contribution in [0.2, 0.25) is 5.02 Å². The number of benzene rings is 1. The van der Waals surface area contributed by atoms with E-state index in [1.165, 1.54) is 24.8 Å². The van der Waals surface area contributed by atoms with Crippen LogP contribution in [0.3, 0.4) is 0 Å². The van der Waals surface area contributed by atoms with Crippen LogP contribution in [-0.4, -0.2) is 21.4 Å². The number of carbonyl (C=O) groups excluding carboxylic acids is 1. The van der Waals surface area contributed by atoms with Crippen LogP contribution < -0.4 is 10.1 Å². The van der Waals surface area contributed by atoms with Gasteiger partial charge in [-0.15, -0.1) is 0 Å². The first-order valence-corrected chi connectivity index (χ1v) is 10.2. The summed E-state index contributed by atoms with van der Waals surface area (Å²) in [7, 11) is 0. The van der Waals surface area contributed by atoms with Gasteiger partial charge in [0.1, 0.15) is 23.2 Å². The first-order chi connectivity index (χ1) is 13.6. The first-order valence-electron chi connectivity index (χ1n) is 9.79. The van der Waals surface area contributed by atoms with Crippen LogP contribution in [0.5, 0.6) is 5.75 Å². The lowest BCUT2D eigenvalue weighted by molar-refractivity contribution is 0.0944. The molecule has 1 aliphatic carbocycles. The number of carbonyl (C=O) groups is 1. The van der Waals surface area contributed by atoms with Gasteiger partial charge in [-0.25, -0.2) is 4.98 Å². The number of pyridine rings is 1. The molecule has 0 bridgehead atoms. The standard InChI is InChI=1S/C22H22ClN3O2/c1-13-21(26-8-7-17(23)11-20(26)25-13)22(27)24-12-14-5-6-18-16(9-14)10-19(28-18)15-3-2-4-15/h5-9,11,15,19H,2-4,10,12H2,1H3,(H,24,27). The first kappa shape index (κ1) is 17.6. The zero-order valence-electron chi connectivity index (χ0n) is 15.7. The highest BCUT2D eigenvalue weighted by atomic mass is 35.5. The molecule has 0 saturated heterocycles. The second kappa shape index (κ2) is 6.82. The van der Waals surface area contributed by atoms with Crippen molar-refractivity contribution in [3.8, 4) is 5.75 Å². The topological polar surface area (TPSA) is 55.6 Å². The highest BCUT2D eigenvalue weighted by molar-refractivity contribution is 6.30. The van der Waals surface area contributed by atoms with E-state index in [2.05, 4.69) is 16.4 Å². The monoisotopic (exact) mass is 395 g/mol. The van der Waals surface area contributed by atoms with Crippen molar-refractivity contribution in [2.24, 2.45) is 5.92 Å². The second-order valence-electron chi connectivity index (χ2n) is 7.80. The highest BCUT2D eigenvalue weighted by Gasteiger charge is 2.33.